The molecular formula is C30H44N8O2. The highest BCUT2D eigenvalue weighted by Crippen LogP contribution is 2.36. The smallest absolute Gasteiger partial charge is 0.177 e. The van der Waals surface area contributed by atoms with E-state index in [4.69, 9.17) is 26.2 Å². The van der Waals surface area contributed by atoms with Crippen LogP contribution in [-0.4, -0.2) is 81.9 Å². The van der Waals surface area contributed by atoms with Crippen LogP contribution in [0.25, 0.3) is 17.0 Å². The van der Waals surface area contributed by atoms with Crippen molar-refractivity contribution in [3.05, 3.63) is 41.9 Å². The molecule has 0 radical (unpaired) electrons. The molecule has 5 N–H and O–H groups in total. The number of fused-ring (bicyclic) bond motifs is 3. The molecule has 1 saturated heterocycles. The summed E-state index contributed by atoms with van der Waals surface area (Å²) in [6, 6.07) is 6.18. The molecule has 1 aromatic carbocycles. The van der Waals surface area contributed by atoms with Crippen molar-refractivity contribution in [2.45, 2.75) is 65.6 Å². The van der Waals surface area contributed by atoms with Crippen molar-refractivity contribution in [1.29, 1.82) is 0 Å². The predicted octanol–water partition coefficient (Wildman–Crippen LogP) is 3.33. The third-order valence-electron chi connectivity index (χ3n) is 7.53. The number of aliphatic hydroxyl groups excluding tert-OH is 1. The van der Waals surface area contributed by atoms with E-state index in [0.29, 0.717) is 30.5 Å². The summed E-state index contributed by atoms with van der Waals surface area (Å²) < 4.78 is 8.29. The summed E-state index contributed by atoms with van der Waals surface area (Å²) in [6.07, 6.45) is 5.68. The van der Waals surface area contributed by atoms with E-state index in [-0.39, 0.29) is 24.1 Å². The fourth-order valence-corrected chi connectivity index (χ4v) is 5.42. The van der Waals surface area contributed by atoms with Gasteiger partial charge < -0.3 is 25.9 Å². The maximum absolute atomic E-state index is 9.93. The zero-order chi connectivity index (χ0) is 29.0. The van der Waals surface area contributed by atoms with Crippen LogP contribution in [-0.2, 0) is 6.54 Å². The van der Waals surface area contributed by atoms with Crippen LogP contribution in [0.5, 0.6) is 5.75 Å². The molecule has 1 unspecified atom stereocenters. The molecule has 4 rings (SSSR count). The van der Waals surface area contributed by atoms with Gasteiger partial charge in [-0.3, -0.25) is 14.9 Å². The van der Waals surface area contributed by atoms with Crippen molar-refractivity contribution in [2.24, 2.45) is 32.4 Å². The van der Waals surface area contributed by atoms with E-state index in [1.54, 1.807) is 13.1 Å². The number of rotatable bonds is 7. The molecule has 0 saturated carbocycles. The predicted molar refractivity (Wildman–Crippen MR) is 163 cm³/mol. The zero-order valence-corrected chi connectivity index (χ0v) is 24.7. The van der Waals surface area contributed by atoms with Gasteiger partial charge in [-0.05, 0) is 71.7 Å². The van der Waals surface area contributed by atoms with Gasteiger partial charge in [-0.25, -0.2) is 9.98 Å². The summed E-state index contributed by atoms with van der Waals surface area (Å²) >= 11 is 0. The van der Waals surface area contributed by atoms with Crippen LogP contribution in [0.15, 0.2) is 45.6 Å². The quantitative estimate of drug-likeness (QED) is 0.358. The van der Waals surface area contributed by atoms with Gasteiger partial charge in [-0.2, -0.15) is 0 Å². The topological polar surface area (TPSA) is 140 Å². The third kappa shape index (κ3) is 6.28. The molecule has 10 nitrogen and oxygen atoms in total. The Morgan fingerprint density at radius 3 is 2.73 bits per heavy atom. The summed E-state index contributed by atoms with van der Waals surface area (Å²) in [7, 11) is 1.83. The molecule has 0 bridgehead atoms. The standard InChI is InChI=1S/C30H44N8O2/c1-19(2)34-28(35-20(3)32)25-17-37-12-13-40-26-14-21(9-10-23(26)29(37)36-25)24(15-31)27(33-6)22-8-7-11-38(16-22)30(4,5)18-39/h9-10,14-15,17,19,22,39H,7-8,11-13,16,18,31H2,1-6H3,(H2,32,34,35). The van der Waals surface area contributed by atoms with Crippen LogP contribution in [0, 0.1) is 5.92 Å². The largest absolute Gasteiger partial charge is 0.491 e. The molecule has 2 aliphatic heterocycles. The Hall–Kier alpha value is -3.50. The Morgan fingerprint density at radius 1 is 1.30 bits per heavy atom. The number of amidine groups is 2. The highest BCUT2D eigenvalue weighted by Gasteiger charge is 2.34. The Balaban J connectivity index is 1.68. The molecule has 2 aliphatic rings. The maximum Gasteiger partial charge on any atom is 0.177 e. The second-order valence-corrected chi connectivity index (χ2v) is 11.4. The number of hydrogen-bond donors (Lipinski definition) is 3. The second kappa shape index (κ2) is 12.3. The fourth-order valence-electron chi connectivity index (χ4n) is 5.42. The van der Waals surface area contributed by atoms with Gasteiger partial charge in [0.05, 0.1) is 24.6 Å². The molecule has 10 heteroatoms. The van der Waals surface area contributed by atoms with Crippen LogP contribution >= 0.6 is 0 Å². The number of hydrogen-bond acceptors (Lipinski definition) is 7. The van der Waals surface area contributed by atoms with Gasteiger partial charge in [0.2, 0.25) is 0 Å². The van der Waals surface area contributed by atoms with Crippen LogP contribution in [0.2, 0.25) is 0 Å². The van der Waals surface area contributed by atoms with Gasteiger partial charge >= 0.3 is 0 Å². The van der Waals surface area contributed by atoms with Crippen LogP contribution in [0.3, 0.4) is 0 Å². The van der Waals surface area contributed by atoms with Gasteiger partial charge in [0, 0.05) is 54.8 Å². The maximum atomic E-state index is 9.93. The number of likely N-dealkylation sites (tertiary alicyclic amines) is 1. The first kappa shape index (κ1) is 29.5. The lowest BCUT2D eigenvalue weighted by atomic mass is 9.84. The summed E-state index contributed by atoms with van der Waals surface area (Å²) in [5.74, 6) is 2.72. The summed E-state index contributed by atoms with van der Waals surface area (Å²) in [5, 5.41) is 9.93. The van der Waals surface area contributed by atoms with Gasteiger partial charge in [0.15, 0.2) is 5.84 Å². The number of imidazole rings is 1. The van der Waals surface area contributed by atoms with E-state index in [1.807, 2.05) is 39.2 Å². The molecule has 1 fully saturated rings. The van der Waals surface area contributed by atoms with Crippen molar-refractivity contribution in [1.82, 2.24) is 14.5 Å². The molecule has 40 heavy (non-hydrogen) atoms. The first-order valence-corrected chi connectivity index (χ1v) is 14.1. The van der Waals surface area contributed by atoms with Crippen LogP contribution in [0.4, 0.5) is 0 Å². The molecule has 3 heterocycles. The van der Waals surface area contributed by atoms with Crippen molar-refractivity contribution in [3.8, 4) is 17.1 Å². The van der Waals surface area contributed by atoms with Gasteiger partial charge in [0.25, 0.3) is 0 Å². The Bertz CT molecular complexity index is 1330. The first-order valence-electron chi connectivity index (χ1n) is 14.1. The van der Waals surface area contributed by atoms with Gasteiger partial charge in [-0.15, -0.1) is 0 Å². The van der Waals surface area contributed by atoms with Crippen LogP contribution < -0.4 is 16.2 Å². The number of aliphatic imine (C=N–C) groups is 3. The molecular weight excluding hydrogens is 504 g/mol. The normalized spacial score (nSPS) is 19.8. The zero-order valence-electron chi connectivity index (χ0n) is 24.7. The number of benzene rings is 1. The number of aliphatic hydroxyl groups is 1. The number of allylic oxidation sites excluding steroid dienone is 1. The van der Waals surface area contributed by atoms with Gasteiger partial charge in [-0.1, -0.05) is 6.07 Å². The highest BCUT2D eigenvalue weighted by molar-refractivity contribution is 6.25. The summed E-state index contributed by atoms with van der Waals surface area (Å²) in [6.45, 7) is 13.0. The van der Waals surface area contributed by atoms with Gasteiger partial charge in [0.1, 0.15) is 23.9 Å². The molecule has 0 aliphatic carbocycles. The van der Waals surface area contributed by atoms with Crippen molar-refractivity contribution in [2.75, 3.05) is 33.4 Å². The van der Waals surface area contributed by atoms with E-state index in [0.717, 1.165) is 59.9 Å². The average molecular weight is 549 g/mol. The summed E-state index contributed by atoms with van der Waals surface area (Å²) in [5.41, 5.74) is 16.3. The van der Waals surface area contributed by atoms with Crippen molar-refractivity contribution < 1.29 is 9.84 Å². The van der Waals surface area contributed by atoms with Crippen molar-refractivity contribution in [3.63, 3.8) is 0 Å². The Kier molecular flexibility index (Phi) is 9.10. The van der Waals surface area contributed by atoms with Crippen molar-refractivity contribution >= 4 is 23.0 Å². The highest BCUT2D eigenvalue weighted by atomic mass is 16.5. The minimum atomic E-state index is -0.281. The third-order valence-corrected chi connectivity index (χ3v) is 7.53. The number of piperidine rings is 1. The molecule has 2 aromatic rings. The van der Waals surface area contributed by atoms with E-state index in [2.05, 4.69) is 39.4 Å². The average Bonchev–Trinajstić information content (AvgIpc) is 3.27. The fraction of sp³-hybridized carbons (Fsp3) is 0.533. The minimum absolute atomic E-state index is 0.0552. The Labute approximate surface area is 237 Å². The second-order valence-electron chi connectivity index (χ2n) is 11.4. The van der Waals surface area contributed by atoms with E-state index < -0.39 is 0 Å². The number of ether oxygens (including phenoxy) is 1. The monoisotopic (exact) mass is 548 g/mol. The Morgan fingerprint density at radius 2 is 2.08 bits per heavy atom. The molecule has 1 atom stereocenters. The lowest BCUT2D eigenvalue weighted by Crippen LogP contribution is -2.52. The summed E-state index contributed by atoms with van der Waals surface area (Å²) in [4.78, 5) is 21.1. The number of nitrogens with zero attached hydrogens (tertiary/aromatic N) is 6. The molecule has 0 spiro atoms. The van der Waals surface area contributed by atoms with E-state index in [9.17, 15) is 5.11 Å². The molecule has 0 amide bonds. The lowest BCUT2D eigenvalue weighted by molar-refractivity contribution is 0.0341. The SMILES string of the molecule is CN=C(C(=CN)c1ccc2c(c1)OCCn1cc(C(N=C(C)N)=NC(C)C)nc1-2)C1CCCN(C(C)(C)CO)C1. The van der Waals surface area contributed by atoms with E-state index in [1.165, 1.54) is 0 Å². The number of aromatic nitrogens is 2. The lowest BCUT2D eigenvalue weighted by Gasteiger charge is -2.43. The molecule has 216 valence electrons. The molecule has 1 aromatic heterocycles. The van der Waals surface area contributed by atoms with E-state index >= 15 is 0 Å². The number of nitrogens with two attached hydrogens (primary N) is 2. The van der Waals surface area contributed by atoms with Crippen LogP contribution in [0.1, 0.15) is 58.7 Å². The first-order chi connectivity index (χ1) is 19.1. The minimum Gasteiger partial charge on any atom is -0.491 e.